The van der Waals surface area contributed by atoms with Crippen LogP contribution in [0.2, 0.25) is 0 Å². The zero-order chi connectivity index (χ0) is 15.8. The summed E-state index contributed by atoms with van der Waals surface area (Å²) in [5.74, 6) is 0.560. The Labute approximate surface area is 148 Å². The number of nitrogens with zero attached hydrogens (tertiary/aromatic N) is 3. The fourth-order valence-corrected chi connectivity index (χ4v) is 5.46. The second-order valence-electron chi connectivity index (χ2n) is 6.11. The Bertz CT molecular complexity index is 846. The molecule has 0 aliphatic carbocycles. The first-order chi connectivity index (χ1) is 11.2. The summed E-state index contributed by atoms with van der Waals surface area (Å²) < 4.78 is 4.18. The minimum Gasteiger partial charge on any atom is -0.316 e. The van der Waals surface area contributed by atoms with E-state index in [0.717, 1.165) is 27.7 Å². The third-order valence-corrected chi connectivity index (χ3v) is 6.78. The van der Waals surface area contributed by atoms with E-state index in [1.807, 2.05) is 22.9 Å². The highest BCUT2D eigenvalue weighted by molar-refractivity contribution is 7.73. The topological polar surface area (TPSA) is 35.2 Å². The highest BCUT2D eigenvalue weighted by atomic mass is 32.1. The Morgan fingerprint density at radius 3 is 3.00 bits per heavy atom. The number of hydrogen-bond donors (Lipinski definition) is 1. The first kappa shape index (κ1) is 15.4. The van der Waals surface area contributed by atoms with E-state index in [1.54, 1.807) is 16.2 Å². The molecule has 3 aromatic rings. The van der Waals surface area contributed by atoms with Crippen LogP contribution in [0.15, 0.2) is 24.3 Å². The molecule has 1 aliphatic rings. The van der Waals surface area contributed by atoms with Gasteiger partial charge in [0.15, 0.2) is 10.6 Å². The quantitative estimate of drug-likeness (QED) is 0.727. The van der Waals surface area contributed by atoms with Gasteiger partial charge >= 0.3 is 0 Å². The molecule has 0 radical (unpaired) electrons. The number of hydrogen-bond acceptors (Lipinski definition) is 5. The highest BCUT2D eigenvalue weighted by Crippen LogP contribution is 2.30. The fourth-order valence-electron chi connectivity index (χ4n) is 3.29. The molecular weight excluding hydrogens is 344 g/mol. The van der Waals surface area contributed by atoms with Crippen molar-refractivity contribution in [3.05, 3.63) is 38.2 Å². The number of likely N-dealkylation sites (tertiary alicyclic amines) is 1. The van der Waals surface area contributed by atoms with Gasteiger partial charge in [0.2, 0.25) is 0 Å². The third-order valence-electron chi connectivity index (χ3n) is 4.36. The van der Waals surface area contributed by atoms with Crippen molar-refractivity contribution >= 4 is 45.1 Å². The molecule has 3 heterocycles. The lowest BCUT2D eigenvalue weighted by molar-refractivity contribution is -0.929. The summed E-state index contributed by atoms with van der Waals surface area (Å²) in [6, 6.07) is 8.44. The van der Waals surface area contributed by atoms with E-state index in [1.165, 1.54) is 29.1 Å². The van der Waals surface area contributed by atoms with Crippen LogP contribution >= 0.6 is 34.9 Å². The van der Waals surface area contributed by atoms with Crippen LogP contribution in [-0.2, 0) is 6.67 Å². The van der Waals surface area contributed by atoms with E-state index in [-0.39, 0.29) is 0 Å². The molecule has 23 heavy (non-hydrogen) atoms. The van der Waals surface area contributed by atoms with Gasteiger partial charge in [0.1, 0.15) is 10.0 Å². The molecule has 0 saturated carbocycles. The first-order valence-corrected chi connectivity index (χ1v) is 9.97. The van der Waals surface area contributed by atoms with Crippen molar-refractivity contribution in [2.45, 2.75) is 32.4 Å². The second kappa shape index (κ2) is 6.39. The number of aryl methyl sites for hydroxylation is 1. The normalized spacial score (nSPS) is 21.8. The molecule has 1 fully saturated rings. The van der Waals surface area contributed by atoms with E-state index in [4.69, 9.17) is 17.2 Å². The lowest BCUT2D eigenvalue weighted by atomic mass is 9.99. The third kappa shape index (κ3) is 3.24. The van der Waals surface area contributed by atoms with Crippen LogP contribution < -0.4 is 4.90 Å². The van der Waals surface area contributed by atoms with Crippen LogP contribution in [0.25, 0.3) is 10.2 Å². The molecule has 0 spiro atoms. The number of rotatable bonds is 3. The van der Waals surface area contributed by atoms with Gasteiger partial charge in [-0.25, -0.2) is 4.98 Å². The Morgan fingerprint density at radius 1 is 1.35 bits per heavy atom. The maximum absolute atomic E-state index is 5.40. The van der Waals surface area contributed by atoms with E-state index >= 15 is 0 Å². The number of para-hydroxylation sites is 1. The van der Waals surface area contributed by atoms with Gasteiger partial charge in [-0.3, -0.25) is 0 Å². The molecule has 1 saturated heterocycles. The SMILES string of the molecule is Cc1nn(C[NH+]2CCC[C@@H](c3nc4ccccc4s3)C2)c(=S)s1. The first-order valence-electron chi connectivity index (χ1n) is 7.92. The largest absolute Gasteiger partial charge is 0.316 e. The number of piperidine rings is 1. The zero-order valence-electron chi connectivity index (χ0n) is 13.0. The molecule has 0 amide bonds. The molecule has 1 aliphatic heterocycles. The van der Waals surface area contributed by atoms with Crippen LogP contribution in [-0.4, -0.2) is 27.9 Å². The monoisotopic (exact) mass is 363 g/mol. The summed E-state index contributed by atoms with van der Waals surface area (Å²) in [5.41, 5.74) is 1.14. The van der Waals surface area contributed by atoms with Crippen molar-refractivity contribution in [3.8, 4) is 0 Å². The van der Waals surface area contributed by atoms with E-state index in [0.29, 0.717) is 5.92 Å². The number of benzene rings is 1. The van der Waals surface area contributed by atoms with Crippen LogP contribution in [0.5, 0.6) is 0 Å². The molecule has 7 heteroatoms. The number of aromatic nitrogens is 3. The standard InChI is InChI=1S/C16H18N4S3/c1-11-18-20(16(21)22-11)10-19-8-4-5-12(9-19)15-17-13-6-2-3-7-14(13)23-15/h2-3,6-7,12H,4-5,8-10H2,1H3/p+1/t12-/m1/s1. The molecule has 1 unspecified atom stereocenters. The Hall–Kier alpha value is -1.15. The van der Waals surface area contributed by atoms with Crippen molar-refractivity contribution in [2.75, 3.05) is 13.1 Å². The van der Waals surface area contributed by atoms with Gasteiger partial charge < -0.3 is 4.90 Å². The predicted octanol–water partition coefficient (Wildman–Crippen LogP) is 3.01. The molecular formula is C16H19N4S3+. The lowest BCUT2D eigenvalue weighted by Gasteiger charge is -2.28. The average molecular weight is 364 g/mol. The van der Waals surface area contributed by atoms with E-state index in [2.05, 4.69) is 29.4 Å². The number of nitrogens with one attached hydrogen (secondary N) is 1. The average Bonchev–Trinajstić information content (AvgIpc) is 3.11. The molecule has 1 aromatic carbocycles. The second-order valence-corrected chi connectivity index (χ2v) is 9.00. The predicted molar refractivity (Wildman–Crippen MR) is 98.0 cm³/mol. The Morgan fingerprint density at radius 2 is 2.22 bits per heavy atom. The van der Waals surface area contributed by atoms with Crippen LogP contribution in [0.1, 0.15) is 28.8 Å². The van der Waals surface area contributed by atoms with Crippen LogP contribution in [0, 0.1) is 10.9 Å². The number of thiazole rings is 1. The van der Waals surface area contributed by atoms with Crippen LogP contribution in [0.3, 0.4) is 0 Å². The summed E-state index contributed by atoms with van der Waals surface area (Å²) in [6.45, 7) is 5.22. The van der Waals surface area contributed by atoms with Gasteiger partial charge in [-0.05, 0) is 44.1 Å². The summed E-state index contributed by atoms with van der Waals surface area (Å²) >= 11 is 8.86. The minimum absolute atomic E-state index is 0.560. The molecule has 4 nitrogen and oxygen atoms in total. The van der Waals surface area contributed by atoms with Crippen molar-refractivity contribution < 1.29 is 4.90 Å². The smallest absolute Gasteiger partial charge is 0.184 e. The summed E-state index contributed by atoms with van der Waals surface area (Å²) in [7, 11) is 0. The van der Waals surface area contributed by atoms with Gasteiger partial charge in [-0.15, -0.1) is 11.3 Å². The minimum atomic E-state index is 0.560. The van der Waals surface area contributed by atoms with Gasteiger partial charge in [0.05, 0.1) is 29.2 Å². The van der Waals surface area contributed by atoms with Gasteiger partial charge in [0, 0.05) is 0 Å². The molecule has 4 rings (SSSR count). The fraction of sp³-hybridized carbons (Fsp3) is 0.438. The van der Waals surface area contributed by atoms with Crippen molar-refractivity contribution in [1.29, 1.82) is 0 Å². The molecule has 0 bridgehead atoms. The van der Waals surface area contributed by atoms with Crippen LogP contribution in [0.4, 0.5) is 0 Å². The highest BCUT2D eigenvalue weighted by Gasteiger charge is 2.27. The lowest BCUT2D eigenvalue weighted by Crippen LogP contribution is -3.12. The zero-order valence-corrected chi connectivity index (χ0v) is 15.4. The number of fused-ring (bicyclic) bond motifs is 1. The van der Waals surface area contributed by atoms with Gasteiger partial charge in [-0.2, -0.15) is 9.78 Å². The van der Waals surface area contributed by atoms with E-state index in [9.17, 15) is 0 Å². The van der Waals surface area contributed by atoms with E-state index < -0.39 is 0 Å². The summed E-state index contributed by atoms with van der Waals surface area (Å²) in [6.07, 6.45) is 2.48. The molecule has 2 aromatic heterocycles. The van der Waals surface area contributed by atoms with Gasteiger partial charge in [-0.1, -0.05) is 23.5 Å². The van der Waals surface area contributed by atoms with Crippen molar-refractivity contribution in [2.24, 2.45) is 0 Å². The molecule has 2 atom stereocenters. The molecule has 120 valence electrons. The van der Waals surface area contributed by atoms with Crippen molar-refractivity contribution in [3.63, 3.8) is 0 Å². The Kier molecular flexibility index (Phi) is 4.27. The molecule has 1 N–H and O–H groups in total. The maximum Gasteiger partial charge on any atom is 0.184 e. The summed E-state index contributed by atoms with van der Waals surface area (Å²) in [4.78, 5) is 6.42. The number of quaternary nitrogens is 1. The Balaban J connectivity index is 1.52. The summed E-state index contributed by atoms with van der Waals surface area (Å²) in [5, 5.41) is 6.88. The maximum atomic E-state index is 5.40. The van der Waals surface area contributed by atoms with Crippen molar-refractivity contribution in [1.82, 2.24) is 14.8 Å². The van der Waals surface area contributed by atoms with Gasteiger partial charge in [0.25, 0.3) is 0 Å².